The zero-order valence-corrected chi connectivity index (χ0v) is 15.9. The number of benzene rings is 1. The Labute approximate surface area is 158 Å². The number of carbonyl (C=O) groups excluding carboxylic acids is 2. The van der Waals surface area contributed by atoms with Gasteiger partial charge in [-0.25, -0.2) is 4.79 Å². The average molecular weight is 377 g/mol. The number of rotatable bonds is 9. The van der Waals surface area contributed by atoms with Gasteiger partial charge in [0.2, 0.25) is 11.8 Å². The number of aliphatic hydroxyl groups is 1. The van der Waals surface area contributed by atoms with E-state index in [4.69, 9.17) is 0 Å². The van der Waals surface area contributed by atoms with E-state index >= 15 is 0 Å². The van der Waals surface area contributed by atoms with E-state index in [1.807, 2.05) is 0 Å². The van der Waals surface area contributed by atoms with Crippen LogP contribution in [0.25, 0.3) is 0 Å². The highest BCUT2D eigenvalue weighted by Gasteiger charge is 2.25. The van der Waals surface area contributed by atoms with Crippen molar-refractivity contribution >= 4 is 17.8 Å². The number of hydrogen-bond donors (Lipinski definition) is 5. The molecule has 5 N–H and O–H groups in total. The highest BCUT2D eigenvalue weighted by Crippen LogP contribution is 2.20. The summed E-state index contributed by atoms with van der Waals surface area (Å²) in [6, 6.07) is 4.72. The van der Waals surface area contributed by atoms with E-state index in [1.54, 1.807) is 51.4 Å². The first kappa shape index (κ1) is 22.2. The van der Waals surface area contributed by atoms with Gasteiger partial charge in [-0.15, -0.1) is 0 Å². The molecule has 0 aliphatic heterocycles. The zero-order chi connectivity index (χ0) is 20.6. The summed E-state index contributed by atoms with van der Waals surface area (Å²) in [5, 5.41) is 27.1. The lowest BCUT2D eigenvalue weighted by Crippen LogP contribution is -2.49. The summed E-state index contributed by atoms with van der Waals surface area (Å²) in [7, 11) is 1.68. The quantitative estimate of drug-likeness (QED) is 0.433. The van der Waals surface area contributed by atoms with Crippen LogP contribution in [0.1, 0.15) is 42.7 Å². The molecular formula is C19H27N3O5. The van der Waals surface area contributed by atoms with Crippen molar-refractivity contribution in [3.8, 4) is 0 Å². The van der Waals surface area contributed by atoms with Gasteiger partial charge in [-0.2, -0.15) is 0 Å². The van der Waals surface area contributed by atoms with Gasteiger partial charge in [-0.05, 0) is 36.7 Å². The Morgan fingerprint density at radius 1 is 1.04 bits per heavy atom. The molecule has 0 radical (unpaired) electrons. The third-order valence-electron chi connectivity index (χ3n) is 3.93. The van der Waals surface area contributed by atoms with Crippen molar-refractivity contribution in [2.24, 2.45) is 5.92 Å². The molecule has 27 heavy (non-hydrogen) atoms. The van der Waals surface area contributed by atoms with Crippen LogP contribution in [0, 0.1) is 5.92 Å². The minimum Gasteiger partial charge on any atom is -0.478 e. The predicted molar refractivity (Wildman–Crippen MR) is 101 cm³/mol. The molecule has 0 aromatic heterocycles. The van der Waals surface area contributed by atoms with Gasteiger partial charge >= 0.3 is 5.97 Å². The van der Waals surface area contributed by atoms with Crippen molar-refractivity contribution in [3.63, 3.8) is 0 Å². The van der Waals surface area contributed by atoms with Crippen LogP contribution in [-0.4, -0.2) is 47.2 Å². The van der Waals surface area contributed by atoms with Gasteiger partial charge < -0.3 is 26.2 Å². The lowest BCUT2D eigenvalue weighted by Gasteiger charge is -2.22. The van der Waals surface area contributed by atoms with Crippen molar-refractivity contribution in [1.29, 1.82) is 0 Å². The summed E-state index contributed by atoms with van der Waals surface area (Å²) < 4.78 is 0. The topological polar surface area (TPSA) is 128 Å². The van der Waals surface area contributed by atoms with Crippen LogP contribution in [0.15, 0.2) is 36.5 Å². The third kappa shape index (κ3) is 6.41. The molecular weight excluding hydrogens is 350 g/mol. The van der Waals surface area contributed by atoms with E-state index in [0.29, 0.717) is 5.56 Å². The summed E-state index contributed by atoms with van der Waals surface area (Å²) in [6.07, 6.45) is 1.97. The number of carboxylic acid groups (broad SMARTS) is 1. The maximum absolute atomic E-state index is 12.5. The number of carbonyl (C=O) groups is 3. The maximum Gasteiger partial charge on any atom is 0.336 e. The van der Waals surface area contributed by atoms with Crippen LogP contribution in [0.4, 0.5) is 0 Å². The molecule has 0 saturated heterocycles. The first-order chi connectivity index (χ1) is 12.7. The summed E-state index contributed by atoms with van der Waals surface area (Å²) >= 11 is 0. The van der Waals surface area contributed by atoms with Crippen molar-refractivity contribution in [2.45, 2.75) is 39.0 Å². The monoisotopic (exact) mass is 377 g/mol. The number of nitrogens with one attached hydrogen (secondary N) is 3. The molecule has 0 heterocycles. The summed E-state index contributed by atoms with van der Waals surface area (Å²) in [5.41, 5.74) is 0.473. The second-order valence-corrected chi connectivity index (χ2v) is 6.45. The van der Waals surface area contributed by atoms with Crippen molar-refractivity contribution in [1.82, 2.24) is 16.0 Å². The molecule has 0 fully saturated rings. The lowest BCUT2D eigenvalue weighted by atomic mass is 9.99. The fourth-order valence-corrected chi connectivity index (χ4v) is 2.33. The lowest BCUT2D eigenvalue weighted by molar-refractivity contribution is -0.135. The summed E-state index contributed by atoms with van der Waals surface area (Å²) in [6.45, 7) is 4.87. The summed E-state index contributed by atoms with van der Waals surface area (Å²) in [4.78, 5) is 35.9. The van der Waals surface area contributed by atoms with Gasteiger partial charge in [0.15, 0.2) is 0 Å². The molecule has 8 heteroatoms. The van der Waals surface area contributed by atoms with E-state index in [1.165, 1.54) is 13.0 Å². The fraction of sp³-hybridized carbons (Fsp3) is 0.421. The first-order valence-electron chi connectivity index (χ1n) is 8.64. The second kappa shape index (κ2) is 10.3. The normalized spacial score (nSPS) is 14.4. The molecule has 0 aliphatic carbocycles. The van der Waals surface area contributed by atoms with Gasteiger partial charge in [0, 0.05) is 7.05 Å². The molecule has 0 aliphatic rings. The Balaban J connectivity index is 2.98. The number of amides is 2. The second-order valence-electron chi connectivity index (χ2n) is 6.45. The van der Waals surface area contributed by atoms with Crippen molar-refractivity contribution in [3.05, 3.63) is 47.7 Å². The van der Waals surface area contributed by atoms with E-state index < -0.39 is 36.0 Å². The largest absolute Gasteiger partial charge is 0.478 e. The Morgan fingerprint density at radius 2 is 1.67 bits per heavy atom. The van der Waals surface area contributed by atoms with Crippen LogP contribution >= 0.6 is 0 Å². The van der Waals surface area contributed by atoms with Crippen LogP contribution < -0.4 is 16.0 Å². The zero-order valence-electron chi connectivity index (χ0n) is 15.9. The highest BCUT2D eigenvalue weighted by atomic mass is 16.4. The van der Waals surface area contributed by atoms with Gasteiger partial charge in [0.25, 0.3) is 0 Å². The molecule has 1 aromatic carbocycles. The maximum atomic E-state index is 12.5. The Hall–Kier alpha value is -2.87. The van der Waals surface area contributed by atoms with Crippen molar-refractivity contribution in [2.75, 3.05) is 7.05 Å². The molecule has 0 spiro atoms. The minimum atomic E-state index is -1.21. The minimum absolute atomic E-state index is 0.0653. The number of aromatic carboxylic acids is 1. The highest BCUT2D eigenvalue weighted by molar-refractivity contribution is 5.91. The predicted octanol–water partition coefficient (Wildman–Crippen LogP) is 0.797. The molecule has 0 unspecified atom stereocenters. The molecule has 0 saturated carbocycles. The smallest absolute Gasteiger partial charge is 0.336 e. The number of hydrogen-bond acceptors (Lipinski definition) is 5. The van der Waals surface area contributed by atoms with Gasteiger partial charge in [0.05, 0.1) is 11.6 Å². The van der Waals surface area contributed by atoms with Gasteiger partial charge in [0.1, 0.15) is 12.1 Å². The fourth-order valence-electron chi connectivity index (χ4n) is 2.33. The van der Waals surface area contributed by atoms with Crippen molar-refractivity contribution < 1.29 is 24.6 Å². The van der Waals surface area contributed by atoms with E-state index in [9.17, 15) is 24.6 Å². The SMILES string of the molecule is CN/C=C/[C@@H](NC(=O)[C@H](C)NC(=O)[C@@H](O)C(C)C)c1ccccc1C(=O)O. The first-order valence-corrected chi connectivity index (χ1v) is 8.64. The third-order valence-corrected chi connectivity index (χ3v) is 3.93. The van der Waals surface area contributed by atoms with E-state index in [0.717, 1.165) is 0 Å². The Bertz CT molecular complexity index is 702. The molecule has 1 rings (SSSR count). The average Bonchev–Trinajstić information content (AvgIpc) is 2.63. The molecule has 2 amide bonds. The van der Waals surface area contributed by atoms with Crippen LogP contribution in [-0.2, 0) is 9.59 Å². The molecule has 1 aromatic rings. The molecule has 8 nitrogen and oxygen atoms in total. The van der Waals surface area contributed by atoms with Gasteiger partial charge in [-0.1, -0.05) is 32.0 Å². The van der Waals surface area contributed by atoms with E-state index in [-0.39, 0.29) is 11.5 Å². The van der Waals surface area contributed by atoms with Crippen LogP contribution in [0.5, 0.6) is 0 Å². The van der Waals surface area contributed by atoms with E-state index in [2.05, 4.69) is 16.0 Å². The molecule has 148 valence electrons. The van der Waals surface area contributed by atoms with Crippen LogP contribution in [0.3, 0.4) is 0 Å². The Morgan fingerprint density at radius 3 is 2.22 bits per heavy atom. The van der Waals surface area contributed by atoms with Gasteiger partial charge in [-0.3, -0.25) is 9.59 Å². The Kier molecular flexibility index (Phi) is 8.47. The number of carboxylic acids is 1. The molecule has 0 bridgehead atoms. The number of aliphatic hydroxyl groups excluding tert-OH is 1. The van der Waals surface area contributed by atoms with Crippen LogP contribution in [0.2, 0.25) is 0 Å². The standard InChI is InChI=1S/C19H27N3O5/c1-11(2)16(23)18(25)21-12(3)17(24)22-15(9-10-20-4)13-7-5-6-8-14(13)19(26)27/h5-12,15-16,20,23H,1-4H3,(H,21,25)(H,22,24)(H,26,27)/b10-9+/t12-,15+,16-/m0/s1. The molecule has 3 atom stereocenters. The summed E-state index contributed by atoms with van der Waals surface area (Å²) in [5.74, 6) is -2.54.